The van der Waals surface area contributed by atoms with Crippen LogP contribution in [0.25, 0.3) is 33.4 Å². The minimum atomic E-state index is 0.635. The van der Waals surface area contributed by atoms with Crippen molar-refractivity contribution < 1.29 is 4.57 Å². The minimum absolute atomic E-state index is 0.635. The van der Waals surface area contributed by atoms with Gasteiger partial charge in [-0.1, -0.05) is 37.6 Å². The van der Waals surface area contributed by atoms with Gasteiger partial charge in [-0.2, -0.15) is 0 Å². The summed E-state index contributed by atoms with van der Waals surface area (Å²) >= 11 is 0. The summed E-state index contributed by atoms with van der Waals surface area (Å²) in [5.41, 5.74) is 10.8. The molecule has 4 aromatic rings. The molecule has 152 valence electrons. The van der Waals surface area contributed by atoms with Crippen molar-refractivity contribution in [3.05, 3.63) is 77.2 Å². The first-order valence-corrected chi connectivity index (χ1v) is 10.7. The van der Waals surface area contributed by atoms with E-state index in [4.69, 9.17) is 9.97 Å². The SMILES string of the molecule is Cc1cc(C)c(C)c(-c2c3ccc(-c4ccc(CC(C)C)cn4)cc3nc[n+]2C)c1. The molecule has 0 bridgehead atoms. The van der Waals surface area contributed by atoms with E-state index in [1.165, 1.54) is 33.5 Å². The Labute approximate surface area is 179 Å². The molecule has 2 aromatic heterocycles. The number of aromatic nitrogens is 3. The summed E-state index contributed by atoms with van der Waals surface area (Å²) in [5.74, 6) is 0.635. The van der Waals surface area contributed by atoms with Crippen LogP contribution < -0.4 is 4.57 Å². The van der Waals surface area contributed by atoms with Gasteiger partial charge in [-0.25, -0.2) is 4.57 Å². The second kappa shape index (κ2) is 7.98. The van der Waals surface area contributed by atoms with Crippen LogP contribution in [-0.2, 0) is 13.5 Å². The monoisotopic (exact) mass is 396 g/mol. The number of rotatable bonds is 4. The fourth-order valence-electron chi connectivity index (χ4n) is 4.20. The van der Waals surface area contributed by atoms with E-state index >= 15 is 0 Å². The van der Waals surface area contributed by atoms with Crippen LogP contribution in [0.1, 0.15) is 36.1 Å². The van der Waals surface area contributed by atoms with Gasteiger partial charge in [0, 0.05) is 17.3 Å². The van der Waals surface area contributed by atoms with Crippen LogP contribution >= 0.6 is 0 Å². The maximum Gasteiger partial charge on any atom is 0.287 e. The number of aryl methyl sites for hydroxylation is 3. The summed E-state index contributed by atoms with van der Waals surface area (Å²) in [5, 5.41) is 1.16. The van der Waals surface area contributed by atoms with E-state index in [1.807, 2.05) is 12.5 Å². The first-order valence-electron chi connectivity index (χ1n) is 10.7. The van der Waals surface area contributed by atoms with Crippen LogP contribution in [0, 0.1) is 26.7 Å². The largest absolute Gasteiger partial charge is 0.287 e. The lowest BCUT2D eigenvalue weighted by Gasteiger charge is -2.12. The Hall–Kier alpha value is -3.07. The van der Waals surface area contributed by atoms with Crippen LogP contribution in [0.4, 0.5) is 0 Å². The third kappa shape index (κ3) is 3.85. The van der Waals surface area contributed by atoms with E-state index in [-0.39, 0.29) is 0 Å². The average Bonchev–Trinajstić information content (AvgIpc) is 2.71. The predicted molar refractivity (Wildman–Crippen MR) is 124 cm³/mol. The van der Waals surface area contributed by atoms with Crippen molar-refractivity contribution in [2.75, 3.05) is 0 Å². The zero-order chi connectivity index (χ0) is 21.4. The molecular weight excluding hydrogens is 366 g/mol. The fraction of sp³-hybridized carbons (Fsp3) is 0.296. The maximum absolute atomic E-state index is 4.72. The van der Waals surface area contributed by atoms with Gasteiger partial charge in [0.25, 0.3) is 6.33 Å². The number of benzene rings is 2. The number of fused-ring (bicyclic) bond motifs is 1. The Kier molecular flexibility index (Phi) is 5.38. The van der Waals surface area contributed by atoms with Crippen LogP contribution in [0.3, 0.4) is 0 Å². The smallest absolute Gasteiger partial charge is 0.256 e. The number of pyridine rings is 1. The maximum atomic E-state index is 4.72. The van der Waals surface area contributed by atoms with Crippen LogP contribution in [0.15, 0.2) is 55.0 Å². The second-order valence-corrected chi connectivity index (χ2v) is 8.84. The van der Waals surface area contributed by atoms with Gasteiger partial charge in [0.15, 0.2) is 5.52 Å². The molecule has 4 rings (SSSR count). The highest BCUT2D eigenvalue weighted by Crippen LogP contribution is 2.31. The molecule has 2 aromatic carbocycles. The molecule has 0 aliphatic heterocycles. The molecule has 2 heterocycles. The molecular formula is C27H30N3+. The van der Waals surface area contributed by atoms with Crippen molar-refractivity contribution in [1.29, 1.82) is 0 Å². The minimum Gasteiger partial charge on any atom is -0.256 e. The summed E-state index contributed by atoms with van der Waals surface area (Å²) in [6, 6.07) is 15.3. The van der Waals surface area contributed by atoms with Gasteiger partial charge in [0.2, 0.25) is 0 Å². The molecule has 0 amide bonds. The highest BCUT2D eigenvalue weighted by Gasteiger charge is 2.18. The zero-order valence-electron chi connectivity index (χ0n) is 18.8. The molecule has 30 heavy (non-hydrogen) atoms. The molecule has 0 aliphatic carbocycles. The van der Waals surface area contributed by atoms with Crippen molar-refractivity contribution in [2.24, 2.45) is 13.0 Å². The Morgan fingerprint density at radius 2 is 1.73 bits per heavy atom. The van der Waals surface area contributed by atoms with Gasteiger partial charge < -0.3 is 0 Å². The third-order valence-electron chi connectivity index (χ3n) is 5.81. The molecule has 0 aliphatic rings. The zero-order valence-corrected chi connectivity index (χ0v) is 18.8. The van der Waals surface area contributed by atoms with E-state index < -0.39 is 0 Å². The molecule has 3 heteroatoms. The van der Waals surface area contributed by atoms with Crippen molar-refractivity contribution >= 4 is 10.9 Å². The Balaban J connectivity index is 1.82. The molecule has 0 fully saturated rings. The van der Waals surface area contributed by atoms with Crippen LogP contribution in [-0.4, -0.2) is 9.97 Å². The van der Waals surface area contributed by atoms with E-state index in [0.29, 0.717) is 5.92 Å². The molecule has 0 unspecified atom stereocenters. The van der Waals surface area contributed by atoms with Gasteiger partial charge in [-0.3, -0.25) is 4.98 Å². The lowest BCUT2D eigenvalue weighted by atomic mass is 9.95. The number of hydrogen-bond acceptors (Lipinski definition) is 2. The fourth-order valence-corrected chi connectivity index (χ4v) is 4.20. The summed E-state index contributed by atoms with van der Waals surface area (Å²) in [6.45, 7) is 11.0. The summed E-state index contributed by atoms with van der Waals surface area (Å²) in [7, 11) is 2.07. The highest BCUT2D eigenvalue weighted by molar-refractivity contribution is 5.93. The first kappa shape index (κ1) is 20.2. The second-order valence-electron chi connectivity index (χ2n) is 8.84. The predicted octanol–water partition coefficient (Wildman–Crippen LogP) is 5.91. The summed E-state index contributed by atoms with van der Waals surface area (Å²) in [6.07, 6.45) is 4.97. The topological polar surface area (TPSA) is 29.7 Å². The normalized spacial score (nSPS) is 11.4. The third-order valence-corrected chi connectivity index (χ3v) is 5.81. The lowest BCUT2D eigenvalue weighted by molar-refractivity contribution is -0.662. The molecule has 0 saturated carbocycles. The summed E-state index contributed by atoms with van der Waals surface area (Å²) in [4.78, 5) is 9.43. The Bertz CT molecular complexity index is 1220. The highest BCUT2D eigenvalue weighted by atomic mass is 15.0. The summed E-state index contributed by atoms with van der Waals surface area (Å²) < 4.78 is 2.13. The average molecular weight is 397 g/mol. The Morgan fingerprint density at radius 3 is 2.43 bits per heavy atom. The van der Waals surface area contributed by atoms with Crippen molar-refractivity contribution in [3.8, 4) is 22.5 Å². The van der Waals surface area contributed by atoms with E-state index in [2.05, 4.69) is 88.7 Å². The first-order chi connectivity index (χ1) is 14.3. The van der Waals surface area contributed by atoms with Crippen LogP contribution in [0.5, 0.6) is 0 Å². The van der Waals surface area contributed by atoms with E-state index in [0.717, 1.165) is 28.6 Å². The van der Waals surface area contributed by atoms with Crippen molar-refractivity contribution in [2.45, 2.75) is 41.0 Å². The molecule has 3 nitrogen and oxygen atoms in total. The van der Waals surface area contributed by atoms with Gasteiger partial charge in [-0.05, 0) is 79.0 Å². The molecule has 0 atom stereocenters. The number of hydrogen-bond donors (Lipinski definition) is 0. The molecule has 0 saturated heterocycles. The van der Waals surface area contributed by atoms with E-state index in [1.54, 1.807) is 0 Å². The molecule has 0 spiro atoms. The molecule has 0 radical (unpaired) electrons. The van der Waals surface area contributed by atoms with Gasteiger partial charge in [-0.15, -0.1) is 0 Å². The number of nitrogens with zero attached hydrogens (tertiary/aromatic N) is 3. The van der Waals surface area contributed by atoms with Gasteiger partial charge in [0.05, 0.1) is 18.1 Å². The van der Waals surface area contributed by atoms with Crippen molar-refractivity contribution in [3.63, 3.8) is 0 Å². The van der Waals surface area contributed by atoms with Crippen LogP contribution in [0.2, 0.25) is 0 Å². The van der Waals surface area contributed by atoms with Crippen molar-refractivity contribution in [1.82, 2.24) is 9.97 Å². The van der Waals surface area contributed by atoms with Gasteiger partial charge >= 0.3 is 0 Å². The van der Waals surface area contributed by atoms with Gasteiger partial charge in [0.1, 0.15) is 5.69 Å². The molecule has 0 N–H and O–H groups in total. The lowest BCUT2D eigenvalue weighted by Crippen LogP contribution is -2.32. The Morgan fingerprint density at radius 1 is 0.933 bits per heavy atom. The van der Waals surface area contributed by atoms with E-state index in [9.17, 15) is 0 Å². The quantitative estimate of drug-likeness (QED) is 0.401. The standard InChI is InChI=1S/C27H30N3/c1-17(2)11-21-7-10-25(28-15-21)22-8-9-23-26(14-22)29-16-30(6)27(23)24-13-18(3)12-19(4)20(24)5/h7-10,12-17H,11H2,1-6H3/q+1.